The number of hydrogen-bond donors (Lipinski definition) is 1. The van der Waals surface area contributed by atoms with Crippen LogP contribution < -0.4 is 9.62 Å². The Balaban J connectivity index is 1.91. The van der Waals surface area contributed by atoms with Gasteiger partial charge in [0.25, 0.3) is 10.0 Å². The highest BCUT2D eigenvalue weighted by Crippen LogP contribution is 2.30. The molecule has 3 aromatic rings. The van der Waals surface area contributed by atoms with Crippen LogP contribution in [0.15, 0.2) is 57.8 Å². The van der Waals surface area contributed by atoms with Gasteiger partial charge in [-0.1, -0.05) is 79.8 Å². The zero-order valence-corrected chi connectivity index (χ0v) is 20.9. The summed E-state index contributed by atoms with van der Waals surface area (Å²) in [6.45, 7) is 7.55. The zero-order chi connectivity index (χ0) is 23.3. The zero-order valence-electron chi connectivity index (χ0n) is 18.4. The van der Waals surface area contributed by atoms with E-state index in [1.807, 2.05) is 39.8 Å². The van der Waals surface area contributed by atoms with E-state index in [2.05, 4.69) is 15.5 Å². The second kappa shape index (κ2) is 10.5. The van der Waals surface area contributed by atoms with Crippen molar-refractivity contribution in [2.24, 2.45) is 0 Å². The smallest absolute Gasteiger partial charge is 0.264 e. The Morgan fingerprint density at radius 1 is 1.12 bits per heavy atom. The summed E-state index contributed by atoms with van der Waals surface area (Å²) in [6, 6.07) is 13.8. The van der Waals surface area contributed by atoms with Crippen molar-refractivity contribution in [3.8, 4) is 0 Å². The average molecular weight is 491 g/mol. The van der Waals surface area contributed by atoms with Crippen molar-refractivity contribution < 1.29 is 13.2 Å². The van der Waals surface area contributed by atoms with Crippen molar-refractivity contribution in [2.45, 2.75) is 48.6 Å². The highest BCUT2D eigenvalue weighted by atomic mass is 32.2. The van der Waals surface area contributed by atoms with Gasteiger partial charge in [-0.25, -0.2) is 8.42 Å². The summed E-state index contributed by atoms with van der Waals surface area (Å²) < 4.78 is 29.0. The number of nitrogens with zero attached hydrogens (tertiary/aromatic N) is 3. The molecule has 0 fully saturated rings. The summed E-state index contributed by atoms with van der Waals surface area (Å²) in [5.41, 5.74) is 2.27. The van der Waals surface area contributed by atoms with Gasteiger partial charge in [0.05, 0.1) is 10.6 Å². The molecule has 7 nitrogen and oxygen atoms in total. The maximum Gasteiger partial charge on any atom is 0.264 e. The lowest BCUT2D eigenvalue weighted by Crippen LogP contribution is -2.38. The molecule has 0 aliphatic heterocycles. The van der Waals surface area contributed by atoms with Gasteiger partial charge in [-0.05, 0) is 37.1 Å². The number of nitrogens with one attached hydrogen (secondary N) is 1. The summed E-state index contributed by atoms with van der Waals surface area (Å²) in [7, 11) is -3.97. The van der Waals surface area contributed by atoms with Gasteiger partial charge in [0.15, 0.2) is 4.34 Å². The fraction of sp³-hybridized carbons (Fsp3) is 0.318. The molecule has 0 bridgehead atoms. The lowest BCUT2D eigenvalue weighted by atomic mass is 10.1. The second-order valence-corrected chi connectivity index (χ2v) is 12.1. The molecule has 0 aliphatic rings. The predicted molar refractivity (Wildman–Crippen MR) is 131 cm³/mol. The number of sulfonamides is 1. The summed E-state index contributed by atoms with van der Waals surface area (Å²) in [5.74, 6) is -0.483. The van der Waals surface area contributed by atoms with E-state index in [4.69, 9.17) is 0 Å². The van der Waals surface area contributed by atoms with Gasteiger partial charge in [-0.2, -0.15) is 0 Å². The maximum atomic E-state index is 13.5. The lowest BCUT2D eigenvalue weighted by Gasteiger charge is -2.26. The minimum atomic E-state index is -3.97. The number of benzene rings is 2. The molecule has 170 valence electrons. The number of aromatic nitrogens is 2. The SMILES string of the molecule is CCc1ccccc1N(CC(=O)Nc1nnc(SC(C)C)s1)S(=O)(=O)c1ccc(C)cc1. The summed E-state index contributed by atoms with van der Waals surface area (Å²) in [4.78, 5) is 13.0. The number of aryl methyl sites for hydroxylation is 2. The molecule has 0 atom stereocenters. The molecular weight excluding hydrogens is 464 g/mol. The molecule has 32 heavy (non-hydrogen) atoms. The van der Waals surface area contributed by atoms with E-state index in [-0.39, 0.29) is 11.4 Å². The van der Waals surface area contributed by atoms with Crippen LogP contribution in [0.2, 0.25) is 0 Å². The molecule has 0 radical (unpaired) electrons. The third-order valence-electron chi connectivity index (χ3n) is 4.53. The second-order valence-electron chi connectivity index (χ2n) is 7.39. The fourth-order valence-electron chi connectivity index (χ4n) is 2.99. The minimum Gasteiger partial charge on any atom is -0.299 e. The van der Waals surface area contributed by atoms with Gasteiger partial charge < -0.3 is 0 Å². The number of rotatable bonds is 9. The quantitative estimate of drug-likeness (QED) is 0.344. The van der Waals surface area contributed by atoms with Gasteiger partial charge in [0.1, 0.15) is 6.54 Å². The van der Waals surface area contributed by atoms with Crippen LogP contribution in [-0.4, -0.2) is 36.3 Å². The standard InChI is InChI=1S/C22H26N4O3S3/c1-5-17-8-6-7-9-19(17)26(32(28,29)18-12-10-16(4)11-13-18)14-20(27)23-21-24-25-22(31-21)30-15(2)3/h6-13,15H,5,14H2,1-4H3,(H,23,24,27). The van der Waals surface area contributed by atoms with Crippen LogP contribution in [-0.2, 0) is 21.2 Å². The Morgan fingerprint density at radius 2 is 1.81 bits per heavy atom. The van der Waals surface area contributed by atoms with E-state index in [0.717, 1.165) is 19.8 Å². The number of amides is 1. The topological polar surface area (TPSA) is 92.3 Å². The summed E-state index contributed by atoms with van der Waals surface area (Å²) >= 11 is 2.82. The Labute approximate surface area is 197 Å². The molecule has 0 saturated heterocycles. The highest BCUT2D eigenvalue weighted by molar-refractivity contribution is 8.01. The fourth-order valence-corrected chi connectivity index (χ4v) is 6.44. The van der Waals surface area contributed by atoms with Crippen LogP contribution in [0, 0.1) is 6.92 Å². The van der Waals surface area contributed by atoms with Crippen molar-refractivity contribution in [1.82, 2.24) is 10.2 Å². The first-order chi connectivity index (χ1) is 15.2. The Hall–Kier alpha value is -2.43. The van der Waals surface area contributed by atoms with Crippen molar-refractivity contribution in [3.05, 3.63) is 59.7 Å². The Bertz CT molecular complexity index is 1180. The van der Waals surface area contributed by atoms with Crippen molar-refractivity contribution in [1.29, 1.82) is 0 Å². The van der Waals surface area contributed by atoms with Crippen LogP contribution in [0.1, 0.15) is 31.9 Å². The molecule has 0 saturated carbocycles. The first-order valence-corrected chi connectivity index (χ1v) is 13.3. The summed E-state index contributed by atoms with van der Waals surface area (Å²) in [5, 5.41) is 11.4. The highest BCUT2D eigenvalue weighted by Gasteiger charge is 2.29. The number of hydrogen-bond acceptors (Lipinski definition) is 7. The normalized spacial score (nSPS) is 11.5. The van der Waals surface area contributed by atoms with Crippen LogP contribution >= 0.6 is 23.1 Å². The van der Waals surface area contributed by atoms with E-state index in [1.165, 1.54) is 11.3 Å². The Kier molecular flexibility index (Phi) is 7.91. The number of carbonyl (C=O) groups excluding carboxylic acids is 1. The molecule has 0 unspecified atom stereocenters. The van der Waals surface area contributed by atoms with Gasteiger partial charge in [-0.15, -0.1) is 10.2 Å². The Morgan fingerprint density at radius 3 is 2.47 bits per heavy atom. The number of thioether (sulfide) groups is 1. The van der Waals surface area contributed by atoms with E-state index < -0.39 is 15.9 Å². The lowest BCUT2D eigenvalue weighted by molar-refractivity contribution is -0.114. The van der Waals surface area contributed by atoms with E-state index in [9.17, 15) is 13.2 Å². The molecule has 2 aromatic carbocycles. The molecule has 0 spiro atoms. The third kappa shape index (κ3) is 5.87. The van der Waals surface area contributed by atoms with E-state index >= 15 is 0 Å². The van der Waals surface area contributed by atoms with Crippen LogP contribution in [0.3, 0.4) is 0 Å². The first-order valence-electron chi connectivity index (χ1n) is 10.2. The molecule has 1 amide bonds. The van der Waals surface area contributed by atoms with Crippen molar-refractivity contribution in [2.75, 3.05) is 16.2 Å². The van der Waals surface area contributed by atoms with Gasteiger partial charge >= 0.3 is 0 Å². The molecule has 1 N–H and O–H groups in total. The van der Waals surface area contributed by atoms with Crippen LogP contribution in [0.25, 0.3) is 0 Å². The van der Waals surface area contributed by atoms with Crippen molar-refractivity contribution in [3.63, 3.8) is 0 Å². The molecule has 3 rings (SSSR count). The maximum absolute atomic E-state index is 13.5. The van der Waals surface area contributed by atoms with Crippen LogP contribution in [0.4, 0.5) is 10.8 Å². The van der Waals surface area contributed by atoms with E-state index in [1.54, 1.807) is 48.2 Å². The predicted octanol–water partition coefficient (Wildman–Crippen LogP) is 4.74. The molecule has 0 aliphatic carbocycles. The molecule has 1 heterocycles. The minimum absolute atomic E-state index is 0.133. The molecule has 10 heteroatoms. The third-order valence-corrected chi connectivity index (χ3v) is 8.23. The van der Waals surface area contributed by atoms with Gasteiger partial charge in [0, 0.05) is 5.25 Å². The van der Waals surface area contributed by atoms with Crippen LogP contribution in [0.5, 0.6) is 0 Å². The monoisotopic (exact) mass is 490 g/mol. The molecule has 1 aromatic heterocycles. The number of anilines is 2. The molecular formula is C22H26N4O3S3. The van der Waals surface area contributed by atoms with Gasteiger partial charge in [0.2, 0.25) is 11.0 Å². The van der Waals surface area contributed by atoms with E-state index in [0.29, 0.717) is 22.5 Å². The average Bonchev–Trinajstić information content (AvgIpc) is 3.18. The largest absolute Gasteiger partial charge is 0.299 e. The summed E-state index contributed by atoms with van der Waals surface area (Å²) in [6.07, 6.45) is 0.629. The number of para-hydroxylation sites is 1. The van der Waals surface area contributed by atoms with Crippen molar-refractivity contribution >= 4 is 49.8 Å². The first kappa shape index (κ1) is 24.2. The number of carbonyl (C=O) groups is 1. The van der Waals surface area contributed by atoms with Gasteiger partial charge in [-0.3, -0.25) is 14.4 Å².